The van der Waals surface area contributed by atoms with Crippen molar-refractivity contribution in [2.45, 2.75) is 6.54 Å². The van der Waals surface area contributed by atoms with Crippen molar-refractivity contribution in [3.05, 3.63) is 35.5 Å². The lowest BCUT2D eigenvalue weighted by Gasteiger charge is -2.32. The number of pyridine rings is 1. The highest BCUT2D eigenvalue weighted by Gasteiger charge is 2.22. The average Bonchev–Trinajstić information content (AvgIpc) is 3.22. The van der Waals surface area contributed by atoms with Crippen LogP contribution in [0.1, 0.15) is 4.88 Å². The predicted molar refractivity (Wildman–Crippen MR) is 124 cm³/mol. The van der Waals surface area contributed by atoms with Gasteiger partial charge < -0.3 is 9.64 Å². The van der Waals surface area contributed by atoms with Crippen molar-refractivity contribution in [1.82, 2.24) is 24.2 Å². The highest BCUT2D eigenvalue weighted by atomic mass is 32.2. The first-order valence-corrected chi connectivity index (χ1v) is 12.3. The van der Waals surface area contributed by atoms with E-state index in [1.54, 1.807) is 12.4 Å². The van der Waals surface area contributed by atoms with Crippen molar-refractivity contribution in [2.24, 2.45) is 0 Å². The summed E-state index contributed by atoms with van der Waals surface area (Å²) >= 11 is 3.69. The third-order valence-electron chi connectivity index (χ3n) is 5.62. The van der Waals surface area contributed by atoms with E-state index in [4.69, 9.17) is 14.7 Å². The number of fused-ring (bicyclic) bond motifs is 1. The fourth-order valence-electron chi connectivity index (χ4n) is 3.95. The van der Waals surface area contributed by atoms with E-state index in [9.17, 15) is 0 Å². The van der Waals surface area contributed by atoms with Crippen LogP contribution in [0.3, 0.4) is 0 Å². The van der Waals surface area contributed by atoms with E-state index in [2.05, 4.69) is 31.4 Å². The third-order valence-corrected chi connectivity index (χ3v) is 7.61. The Morgan fingerprint density at radius 3 is 2.53 bits per heavy atom. The van der Waals surface area contributed by atoms with Gasteiger partial charge in [0.25, 0.3) is 0 Å². The van der Waals surface area contributed by atoms with E-state index in [0.29, 0.717) is 0 Å². The first-order valence-electron chi connectivity index (χ1n) is 10.3. The molecule has 30 heavy (non-hydrogen) atoms. The minimum absolute atomic E-state index is 0.744. The van der Waals surface area contributed by atoms with E-state index < -0.39 is 0 Å². The van der Waals surface area contributed by atoms with Gasteiger partial charge in [-0.2, -0.15) is 0 Å². The Bertz CT molecular complexity index is 984. The van der Waals surface area contributed by atoms with Crippen LogP contribution in [0.5, 0.6) is 0 Å². The Balaban J connectivity index is 1.47. The SMILES string of the molecule is CSN1CCN(Cc2cc3nc(-c4ccncc4)nc(N4CCOCC4)c3s2)CC1. The number of ether oxygens (including phenoxy) is 1. The maximum absolute atomic E-state index is 5.57. The van der Waals surface area contributed by atoms with Crippen molar-refractivity contribution in [3.8, 4) is 11.4 Å². The summed E-state index contributed by atoms with van der Waals surface area (Å²) in [6.07, 6.45) is 5.75. The van der Waals surface area contributed by atoms with E-state index in [1.807, 2.05) is 35.4 Å². The van der Waals surface area contributed by atoms with E-state index >= 15 is 0 Å². The number of aromatic nitrogens is 3. The second kappa shape index (κ2) is 9.15. The van der Waals surface area contributed by atoms with E-state index in [0.717, 1.165) is 81.7 Å². The highest BCUT2D eigenvalue weighted by Crippen LogP contribution is 2.35. The van der Waals surface area contributed by atoms with Crippen LogP contribution in [0.25, 0.3) is 21.6 Å². The molecule has 5 rings (SSSR count). The lowest BCUT2D eigenvalue weighted by atomic mass is 10.2. The van der Waals surface area contributed by atoms with Gasteiger partial charge in [0.2, 0.25) is 0 Å². The standard InChI is InChI=1S/C21H26N6OS2/c1-29-27-8-6-25(7-9-27)15-17-14-18-19(30-17)21(26-10-12-28-13-11-26)24-20(23-18)16-2-4-22-5-3-16/h2-5,14H,6-13,15H2,1H3. The predicted octanol–water partition coefficient (Wildman–Crippen LogP) is 2.99. The number of rotatable bonds is 5. The van der Waals surface area contributed by atoms with Gasteiger partial charge in [0.15, 0.2) is 11.6 Å². The van der Waals surface area contributed by atoms with Crippen LogP contribution in [0.2, 0.25) is 0 Å². The molecule has 0 amide bonds. The molecule has 9 heteroatoms. The molecular weight excluding hydrogens is 416 g/mol. The number of hydrogen-bond acceptors (Lipinski definition) is 9. The van der Waals surface area contributed by atoms with E-state index in [1.165, 1.54) is 9.58 Å². The summed E-state index contributed by atoms with van der Waals surface area (Å²) in [6.45, 7) is 8.67. The van der Waals surface area contributed by atoms with Gasteiger partial charge in [-0.15, -0.1) is 11.3 Å². The summed E-state index contributed by atoms with van der Waals surface area (Å²) in [5.41, 5.74) is 2.04. The third kappa shape index (κ3) is 4.31. The van der Waals surface area contributed by atoms with Crippen molar-refractivity contribution in [3.63, 3.8) is 0 Å². The number of anilines is 1. The molecule has 3 aromatic heterocycles. The van der Waals surface area contributed by atoms with Crippen LogP contribution in [0, 0.1) is 0 Å². The topological polar surface area (TPSA) is 57.6 Å². The molecule has 0 N–H and O–H groups in total. The van der Waals surface area contributed by atoms with Gasteiger partial charge in [0.05, 0.1) is 23.4 Å². The van der Waals surface area contributed by atoms with Crippen molar-refractivity contribution in [1.29, 1.82) is 0 Å². The molecule has 0 radical (unpaired) electrons. The summed E-state index contributed by atoms with van der Waals surface area (Å²) in [6, 6.07) is 6.21. The fourth-order valence-corrected chi connectivity index (χ4v) is 5.64. The fraction of sp³-hybridized carbons (Fsp3) is 0.476. The summed E-state index contributed by atoms with van der Waals surface area (Å²) in [5, 5.41) is 0. The Hall–Kier alpha value is -1.78. The van der Waals surface area contributed by atoms with Crippen LogP contribution in [0.15, 0.2) is 30.6 Å². The molecule has 0 bridgehead atoms. The normalized spacial score (nSPS) is 18.9. The molecule has 0 unspecified atom stereocenters. The van der Waals surface area contributed by atoms with Gasteiger partial charge >= 0.3 is 0 Å². The summed E-state index contributed by atoms with van der Waals surface area (Å²) in [5.74, 6) is 1.81. The molecule has 158 valence electrons. The monoisotopic (exact) mass is 442 g/mol. The number of nitrogens with zero attached hydrogens (tertiary/aromatic N) is 6. The molecular formula is C21H26N6OS2. The van der Waals surface area contributed by atoms with Gasteiger partial charge in [-0.1, -0.05) is 11.9 Å². The molecule has 3 aromatic rings. The molecule has 2 fully saturated rings. The quantitative estimate of drug-likeness (QED) is 0.559. The van der Waals surface area contributed by atoms with Gasteiger partial charge in [-0.25, -0.2) is 14.3 Å². The minimum Gasteiger partial charge on any atom is -0.378 e. The number of hydrogen-bond donors (Lipinski definition) is 0. The highest BCUT2D eigenvalue weighted by molar-refractivity contribution is 7.96. The second-order valence-electron chi connectivity index (χ2n) is 7.52. The largest absolute Gasteiger partial charge is 0.378 e. The van der Waals surface area contributed by atoms with Crippen molar-refractivity contribution >= 4 is 39.3 Å². The molecule has 2 saturated heterocycles. The lowest BCUT2D eigenvalue weighted by Crippen LogP contribution is -2.42. The van der Waals surface area contributed by atoms with Gasteiger partial charge in [-0.3, -0.25) is 9.88 Å². The Labute approximate surface area is 185 Å². The number of morpholine rings is 1. The van der Waals surface area contributed by atoms with Crippen LogP contribution < -0.4 is 4.90 Å². The second-order valence-corrected chi connectivity index (χ2v) is 9.54. The average molecular weight is 443 g/mol. The summed E-state index contributed by atoms with van der Waals surface area (Å²) < 4.78 is 9.19. The van der Waals surface area contributed by atoms with Crippen molar-refractivity contribution < 1.29 is 4.74 Å². The van der Waals surface area contributed by atoms with Crippen LogP contribution in [-0.4, -0.2) is 82.9 Å². The zero-order valence-electron chi connectivity index (χ0n) is 17.2. The molecule has 0 saturated carbocycles. The summed E-state index contributed by atoms with van der Waals surface area (Å²) in [4.78, 5) is 20.3. The maximum atomic E-state index is 5.57. The molecule has 5 heterocycles. The lowest BCUT2D eigenvalue weighted by molar-refractivity contribution is 0.122. The molecule has 7 nitrogen and oxygen atoms in total. The molecule has 0 spiro atoms. The Morgan fingerprint density at radius 2 is 1.80 bits per heavy atom. The van der Waals surface area contributed by atoms with Crippen LogP contribution in [-0.2, 0) is 11.3 Å². The van der Waals surface area contributed by atoms with Crippen molar-refractivity contribution in [2.75, 3.05) is 63.6 Å². The number of piperazine rings is 1. The molecule has 0 aliphatic carbocycles. The van der Waals surface area contributed by atoms with E-state index in [-0.39, 0.29) is 0 Å². The Kier molecular flexibility index (Phi) is 6.14. The molecule has 2 aliphatic heterocycles. The first kappa shape index (κ1) is 20.1. The first-order chi connectivity index (χ1) is 14.8. The zero-order valence-corrected chi connectivity index (χ0v) is 18.8. The molecule has 0 aromatic carbocycles. The van der Waals surface area contributed by atoms with Crippen LogP contribution >= 0.6 is 23.3 Å². The smallest absolute Gasteiger partial charge is 0.162 e. The zero-order chi connectivity index (χ0) is 20.3. The molecule has 0 atom stereocenters. The maximum Gasteiger partial charge on any atom is 0.162 e. The van der Waals surface area contributed by atoms with Gasteiger partial charge in [0, 0.05) is 68.6 Å². The van der Waals surface area contributed by atoms with Crippen LogP contribution in [0.4, 0.5) is 5.82 Å². The van der Waals surface area contributed by atoms with Gasteiger partial charge in [0.1, 0.15) is 0 Å². The summed E-state index contributed by atoms with van der Waals surface area (Å²) in [7, 11) is 0. The molecule has 2 aliphatic rings. The number of thiophene rings is 1. The van der Waals surface area contributed by atoms with Gasteiger partial charge in [-0.05, 0) is 24.5 Å². The Morgan fingerprint density at radius 1 is 1.03 bits per heavy atom. The minimum atomic E-state index is 0.744.